The molecule has 1 aliphatic heterocycles. The number of aromatic hydroxyl groups is 1. The molecule has 39 heavy (non-hydrogen) atoms. The predicted molar refractivity (Wildman–Crippen MR) is 146 cm³/mol. The number of phenols is 1. The number of fused-ring (bicyclic) bond motifs is 1. The molecule has 0 bridgehead atoms. The lowest BCUT2D eigenvalue weighted by molar-refractivity contribution is -0.146. The second kappa shape index (κ2) is 13.2. The number of hydrogen-bond donors (Lipinski definition) is 5. The van der Waals surface area contributed by atoms with Crippen molar-refractivity contribution < 1.29 is 29.4 Å². The van der Waals surface area contributed by atoms with E-state index in [9.17, 15) is 29.4 Å². The third-order valence-electron chi connectivity index (χ3n) is 7.16. The van der Waals surface area contributed by atoms with Crippen LogP contribution in [0, 0.1) is 13.8 Å². The molecule has 6 N–H and O–H groups in total. The minimum Gasteiger partial charge on any atom is -0.508 e. The number of nitrogens with one attached hydrogen (secondary N) is 2. The van der Waals surface area contributed by atoms with Gasteiger partial charge in [-0.05, 0) is 79.5 Å². The van der Waals surface area contributed by atoms with Crippen molar-refractivity contribution in [2.45, 2.75) is 77.5 Å². The van der Waals surface area contributed by atoms with E-state index in [0.29, 0.717) is 19.4 Å². The van der Waals surface area contributed by atoms with Gasteiger partial charge in [0.05, 0.1) is 6.04 Å². The van der Waals surface area contributed by atoms with Gasteiger partial charge in [-0.15, -0.1) is 0 Å². The highest BCUT2D eigenvalue weighted by Crippen LogP contribution is 2.26. The van der Waals surface area contributed by atoms with Gasteiger partial charge in [0, 0.05) is 26.4 Å². The number of rotatable bonds is 11. The molecule has 1 heterocycles. The smallest absolute Gasteiger partial charge is 0.326 e. The van der Waals surface area contributed by atoms with E-state index in [4.69, 9.17) is 5.73 Å². The number of carboxylic acids is 1. The zero-order chi connectivity index (χ0) is 28.7. The number of aliphatic carboxylic acids is 1. The maximum absolute atomic E-state index is 13.7. The molecule has 210 valence electrons. The normalized spacial score (nSPS) is 16.1. The Morgan fingerprint density at radius 1 is 1.08 bits per heavy atom. The van der Waals surface area contributed by atoms with Crippen LogP contribution in [0.2, 0.25) is 0 Å². The summed E-state index contributed by atoms with van der Waals surface area (Å²) in [5.41, 5.74) is 10.7. The number of hydrogen-bond acceptors (Lipinski definition) is 6. The Labute approximate surface area is 228 Å². The lowest BCUT2D eigenvalue weighted by Gasteiger charge is -2.38. The zero-order valence-corrected chi connectivity index (χ0v) is 22.7. The predicted octanol–water partition coefficient (Wildman–Crippen LogP) is 1.71. The largest absolute Gasteiger partial charge is 0.508 e. The highest BCUT2D eigenvalue weighted by atomic mass is 16.4. The molecule has 10 heteroatoms. The van der Waals surface area contributed by atoms with Gasteiger partial charge in [0.1, 0.15) is 17.8 Å². The SMILES string of the molecule is CC(=O)NCCCC[C@H](NC(=O)[C@@H]1Cc2ccccc2CN1C(=O)[C@@H](N)Cc1c(C)cc(O)cc1C)C(=O)O. The van der Waals surface area contributed by atoms with Gasteiger partial charge < -0.3 is 31.5 Å². The number of carboxylic acid groups (broad SMARTS) is 1. The summed E-state index contributed by atoms with van der Waals surface area (Å²) in [4.78, 5) is 51.5. The van der Waals surface area contributed by atoms with Crippen molar-refractivity contribution in [2.24, 2.45) is 5.73 Å². The van der Waals surface area contributed by atoms with Crippen LogP contribution >= 0.6 is 0 Å². The molecule has 0 radical (unpaired) electrons. The molecule has 0 saturated carbocycles. The van der Waals surface area contributed by atoms with Crippen molar-refractivity contribution in [3.05, 3.63) is 64.2 Å². The number of unbranched alkanes of at least 4 members (excludes halogenated alkanes) is 1. The van der Waals surface area contributed by atoms with Gasteiger partial charge in [0.2, 0.25) is 17.7 Å². The first-order chi connectivity index (χ1) is 18.5. The fourth-order valence-electron chi connectivity index (χ4n) is 5.06. The highest BCUT2D eigenvalue weighted by molar-refractivity contribution is 5.92. The first-order valence-corrected chi connectivity index (χ1v) is 13.2. The minimum atomic E-state index is -1.16. The van der Waals surface area contributed by atoms with Crippen LogP contribution in [0.4, 0.5) is 0 Å². The van der Waals surface area contributed by atoms with Crippen LogP contribution in [0.3, 0.4) is 0 Å². The second-order valence-corrected chi connectivity index (χ2v) is 10.2. The van der Waals surface area contributed by atoms with Crippen molar-refractivity contribution in [3.63, 3.8) is 0 Å². The summed E-state index contributed by atoms with van der Waals surface area (Å²) >= 11 is 0. The molecule has 3 amide bonds. The lowest BCUT2D eigenvalue weighted by Crippen LogP contribution is -2.58. The Hall–Kier alpha value is -3.92. The topological polar surface area (TPSA) is 162 Å². The molecular weight excluding hydrogens is 500 g/mol. The summed E-state index contributed by atoms with van der Waals surface area (Å²) in [5, 5.41) is 24.9. The summed E-state index contributed by atoms with van der Waals surface area (Å²) in [6, 6.07) is 7.80. The molecule has 3 rings (SSSR count). The van der Waals surface area contributed by atoms with Gasteiger partial charge in [-0.2, -0.15) is 0 Å². The quantitative estimate of drug-likeness (QED) is 0.272. The van der Waals surface area contributed by atoms with Gasteiger partial charge in [0.15, 0.2) is 0 Å². The van der Waals surface area contributed by atoms with E-state index in [-0.39, 0.29) is 37.5 Å². The van der Waals surface area contributed by atoms with Crippen LogP contribution in [-0.2, 0) is 38.6 Å². The minimum absolute atomic E-state index is 0.140. The molecule has 0 spiro atoms. The van der Waals surface area contributed by atoms with Gasteiger partial charge in [0.25, 0.3) is 0 Å². The van der Waals surface area contributed by atoms with Crippen LogP contribution in [-0.4, -0.2) is 63.5 Å². The van der Waals surface area contributed by atoms with Crippen molar-refractivity contribution in [2.75, 3.05) is 6.54 Å². The molecule has 2 aromatic carbocycles. The second-order valence-electron chi connectivity index (χ2n) is 10.2. The number of nitrogens with zero attached hydrogens (tertiary/aromatic N) is 1. The van der Waals surface area contributed by atoms with E-state index < -0.39 is 35.9 Å². The monoisotopic (exact) mass is 538 g/mol. The van der Waals surface area contributed by atoms with Crippen molar-refractivity contribution >= 4 is 23.7 Å². The number of nitrogens with two attached hydrogens (primary N) is 1. The summed E-state index contributed by atoms with van der Waals surface area (Å²) < 4.78 is 0. The van der Waals surface area contributed by atoms with Gasteiger partial charge >= 0.3 is 5.97 Å². The van der Waals surface area contributed by atoms with Crippen LogP contribution < -0.4 is 16.4 Å². The van der Waals surface area contributed by atoms with E-state index in [1.807, 2.05) is 38.1 Å². The molecule has 0 aliphatic carbocycles. The van der Waals surface area contributed by atoms with E-state index in [0.717, 1.165) is 27.8 Å². The summed E-state index contributed by atoms with van der Waals surface area (Å²) in [6.45, 7) is 5.70. The van der Waals surface area contributed by atoms with E-state index in [2.05, 4.69) is 10.6 Å². The van der Waals surface area contributed by atoms with Crippen molar-refractivity contribution in [1.82, 2.24) is 15.5 Å². The number of amides is 3. The molecule has 0 fully saturated rings. The summed E-state index contributed by atoms with van der Waals surface area (Å²) in [5.74, 6) is -2.13. The van der Waals surface area contributed by atoms with Gasteiger partial charge in [-0.3, -0.25) is 14.4 Å². The van der Waals surface area contributed by atoms with Crippen molar-refractivity contribution in [3.8, 4) is 5.75 Å². The molecule has 0 aromatic heterocycles. The Balaban J connectivity index is 1.77. The third-order valence-corrected chi connectivity index (χ3v) is 7.16. The molecule has 1 aliphatic rings. The summed E-state index contributed by atoms with van der Waals surface area (Å²) in [6.07, 6.45) is 1.73. The Kier molecular flexibility index (Phi) is 10.1. The third kappa shape index (κ3) is 7.79. The molecule has 2 aromatic rings. The number of phenolic OH excluding ortho intramolecular Hbond substituents is 1. The molecule has 3 atom stereocenters. The van der Waals surface area contributed by atoms with Gasteiger partial charge in [-0.1, -0.05) is 24.3 Å². The first kappa shape index (κ1) is 29.6. The van der Waals surface area contributed by atoms with Crippen molar-refractivity contribution in [1.29, 1.82) is 0 Å². The zero-order valence-electron chi connectivity index (χ0n) is 22.7. The molecular formula is C29H38N4O6. The number of carbonyl (C=O) groups is 4. The number of aryl methyl sites for hydroxylation is 2. The lowest BCUT2D eigenvalue weighted by atomic mass is 9.91. The van der Waals surface area contributed by atoms with E-state index in [1.54, 1.807) is 12.1 Å². The fraction of sp³-hybridized carbons (Fsp3) is 0.448. The highest BCUT2D eigenvalue weighted by Gasteiger charge is 2.38. The number of carbonyl (C=O) groups excluding carboxylic acids is 3. The van der Waals surface area contributed by atoms with E-state index >= 15 is 0 Å². The number of benzene rings is 2. The van der Waals surface area contributed by atoms with Crippen LogP contribution in [0.5, 0.6) is 5.75 Å². The maximum Gasteiger partial charge on any atom is 0.326 e. The Morgan fingerprint density at radius 2 is 1.72 bits per heavy atom. The van der Waals surface area contributed by atoms with Crippen LogP contribution in [0.25, 0.3) is 0 Å². The Morgan fingerprint density at radius 3 is 2.33 bits per heavy atom. The average molecular weight is 539 g/mol. The van der Waals surface area contributed by atoms with Gasteiger partial charge in [-0.25, -0.2) is 4.79 Å². The first-order valence-electron chi connectivity index (χ1n) is 13.2. The van der Waals surface area contributed by atoms with E-state index in [1.165, 1.54) is 11.8 Å². The summed E-state index contributed by atoms with van der Waals surface area (Å²) in [7, 11) is 0. The average Bonchev–Trinajstić information content (AvgIpc) is 2.88. The van der Waals surface area contributed by atoms with Crippen LogP contribution in [0.1, 0.15) is 54.0 Å². The standard InChI is InChI=1S/C29H38N4O6/c1-17-12-22(35)13-18(2)23(17)15-24(30)28(37)33-16-21-9-5-4-8-20(21)14-26(33)27(36)32-25(29(38)39)10-6-7-11-31-19(3)34/h4-5,8-9,12-13,24-26,35H,6-7,10-11,14-16,30H2,1-3H3,(H,31,34)(H,32,36)(H,38,39)/t24-,25-,26-/m0/s1. The molecule has 0 unspecified atom stereocenters. The Bertz CT molecular complexity index is 1210. The fourth-order valence-corrected chi connectivity index (χ4v) is 5.06. The molecule has 0 saturated heterocycles. The van der Waals surface area contributed by atoms with Crippen LogP contribution in [0.15, 0.2) is 36.4 Å². The molecule has 10 nitrogen and oxygen atoms in total. The maximum atomic E-state index is 13.7.